The van der Waals surface area contributed by atoms with Gasteiger partial charge in [-0.05, 0) is 75.9 Å². The fraction of sp³-hybridized carbons (Fsp3) is 0.133. The minimum absolute atomic E-state index is 0.0509. The molecule has 2 rings (SSSR count). The van der Waals surface area contributed by atoms with Crippen LogP contribution < -0.4 is 11.1 Å². The molecule has 2 aromatic rings. The van der Waals surface area contributed by atoms with Gasteiger partial charge in [0.25, 0.3) is 0 Å². The Morgan fingerprint density at radius 3 is 2.11 bits per heavy atom. The highest BCUT2D eigenvalue weighted by Crippen LogP contribution is 2.40. The Hall–Kier alpha value is -1.53. The third-order valence-corrected chi connectivity index (χ3v) is 4.84. The molecule has 0 fully saturated rings. The van der Waals surface area contributed by atoms with E-state index in [-0.39, 0.29) is 50.6 Å². The van der Waals surface area contributed by atoms with Crippen molar-refractivity contribution in [3.8, 4) is 0 Å². The van der Waals surface area contributed by atoms with Crippen molar-refractivity contribution in [2.24, 2.45) is 10.7 Å². The van der Waals surface area contributed by atoms with Crippen LogP contribution in [0.3, 0.4) is 0 Å². The molecule has 0 aromatic heterocycles. The molecular formula is C15H10BrF6N3S2. The number of hydrogen-bond acceptors (Lipinski definition) is 3. The largest absolute Gasteiger partial charge is 0.446 e. The lowest BCUT2D eigenvalue weighted by atomic mass is 10.3. The summed E-state index contributed by atoms with van der Waals surface area (Å²) in [6, 6.07) is 9.24. The molecule has 0 atom stereocenters. The zero-order valence-corrected chi connectivity index (χ0v) is 16.2. The first-order valence-electron chi connectivity index (χ1n) is 6.93. The fourth-order valence-electron chi connectivity index (χ4n) is 1.85. The molecule has 0 heterocycles. The maximum absolute atomic E-state index is 12.5. The fourth-order valence-corrected chi connectivity index (χ4v) is 3.36. The molecule has 0 saturated heterocycles. The van der Waals surface area contributed by atoms with Crippen LogP contribution in [0.2, 0.25) is 0 Å². The molecule has 0 aliphatic rings. The zero-order valence-electron chi connectivity index (χ0n) is 13.0. The van der Waals surface area contributed by atoms with Crippen LogP contribution in [0, 0.1) is 0 Å². The summed E-state index contributed by atoms with van der Waals surface area (Å²) >= 11 is 2.58. The molecule has 146 valence electrons. The van der Waals surface area contributed by atoms with Crippen LogP contribution in [0.4, 0.5) is 37.7 Å². The standard InChI is InChI=1S/C15H10BrF6N3S2/c16-11-5-4-10(27-15(20,21)22)7-12(11)25-13(23)24-8-2-1-3-9(6-8)26-14(17,18)19/h1-7H,(H3,23,24,25). The summed E-state index contributed by atoms with van der Waals surface area (Å²) in [6.07, 6.45) is 0. The second kappa shape index (κ2) is 8.65. The Kier molecular flexibility index (Phi) is 6.98. The second-order valence-electron chi connectivity index (χ2n) is 4.86. The first-order valence-corrected chi connectivity index (χ1v) is 9.36. The Morgan fingerprint density at radius 1 is 0.926 bits per heavy atom. The summed E-state index contributed by atoms with van der Waals surface area (Å²) in [6.45, 7) is 0. The number of anilines is 1. The van der Waals surface area contributed by atoms with Crippen LogP contribution in [-0.4, -0.2) is 17.0 Å². The predicted molar refractivity (Wildman–Crippen MR) is 99.3 cm³/mol. The number of thioether (sulfide) groups is 2. The van der Waals surface area contributed by atoms with E-state index in [4.69, 9.17) is 5.73 Å². The smallest absolute Gasteiger partial charge is 0.369 e. The summed E-state index contributed by atoms with van der Waals surface area (Å²) in [5, 5.41) is 2.61. The van der Waals surface area contributed by atoms with Crippen LogP contribution >= 0.6 is 39.5 Å². The minimum Gasteiger partial charge on any atom is -0.369 e. The lowest BCUT2D eigenvalue weighted by molar-refractivity contribution is -0.0337. The van der Waals surface area contributed by atoms with Gasteiger partial charge < -0.3 is 11.1 Å². The molecule has 0 spiro atoms. The van der Waals surface area contributed by atoms with Crippen LogP contribution in [-0.2, 0) is 0 Å². The Balaban J connectivity index is 2.18. The van der Waals surface area contributed by atoms with Gasteiger partial charge in [-0.2, -0.15) is 26.3 Å². The molecule has 0 aliphatic carbocycles. The number of hydrogen-bond donors (Lipinski definition) is 2. The number of nitrogens with one attached hydrogen (secondary N) is 1. The lowest BCUT2D eigenvalue weighted by Crippen LogP contribution is -2.22. The van der Waals surface area contributed by atoms with Crippen molar-refractivity contribution in [2.75, 3.05) is 5.32 Å². The van der Waals surface area contributed by atoms with Crippen LogP contribution in [0.15, 0.2) is 61.7 Å². The molecule has 0 aliphatic heterocycles. The first-order chi connectivity index (χ1) is 12.4. The Morgan fingerprint density at radius 2 is 1.52 bits per heavy atom. The number of benzene rings is 2. The summed E-state index contributed by atoms with van der Waals surface area (Å²) in [5.41, 5.74) is -2.77. The van der Waals surface area contributed by atoms with Crippen LogP contribution in [0.5, 0.6) is 0 Å². The van der Waals surface area contributed by atoms with E-state index in [1.165, 1.54) is 42.5 Å². The molecule has 0 bridgehead atoms. The van der Waals surface area contributed by atoms with Gasteiger partial charge in [0, 0.05) is 20.0 Å². The minimum atomic E-state index is -4.45. The number of aliphatic imine (C=N–C) groups is 1. The van der Waals surface area contributed by atoms with Gasteiger partial charge in [0.1, 0.15) is 0 Å². The molecule has 2 aromatic carbocycles. The van der Waals surface area contributed by atoms with Crippen LogP contribution in [0.1, 0.15) is 0 Å². The zero-order chi connectivity index (χ0) is 20.2. The van der Waals surface area contributed by atoms with Crippen LogP contribution in [0.25, 0.3) is 0 Å². The van der Waals surface area contributed by atoms with Crippen molar-refractivity contribution in [2.45, 2.75) is 20.8 Å². The van der Waals surface area contributed by atoms with E-state index < -0.39 is 11.0 Å². The van der Waals surface area contributed by atoms with Gasteiger partial charge in [-0.1, -0.05) is 6.07 Å². The molecule has 3 N–H and O–H groups in total. The van der Waals surface area contributed by atoms with E-state index in [0.29, 0.717) is 4.47 Å². The number of alkyl halides is 6. The number of halogens is 7. The summed E-state index contributed by atoms with van der Waals surface area (Å²) in [4.78, 5) is 3.84. The number of guanidine groups is 1. The lowest BCUT2D eigenvalue weighted by Gasteiger charge is -2.10. The second-order valence-corrected chi connectivity index (χ2v) is 7.99. The molecule has 0 saturated carbocycles. The monoisotopic (exact) mass is 489 g/mol. The number of rotatable bonds is 4. The van der Waals surface area contributed by atoms with Gasteiger partial charge in [0.05, 0.1) is 5.69 Å². The Bertz CT molecular complexity index is 839. The van der Waals surface area contributed by atoms with Gasteiger partial charge in [-0.3, -0.25) is 0 Å². The average molecular weight is 490 g/mol. The van der Waals surface area contributed by atoms with Gasteiger partial charge in [-0.15, -0.1) is 0 Å². The highest BCUT2D eigenvalue weighted by Gasteiger charge is 2.30. The van der Waals surface area contributed by atoms with Crippen molar-refractivity contribution >= 4 is 56.8 Å². The quantitative estimate of drug-likeness (QED) is 0.216. The molecule has 0 radical (unpaired) electrons. The molecule has 12 heteroatoms. The molecule has 0 amide bonds. The first kappa shape index (κ1) is 21.8. The van der Waals surface area contributed by atoms with Gasteiger partial charge >= 0.3 is 11.0 Å². The van der Waals surface area contributed by atoms with Crippen molar-refractivity contribution < 1.29 is 26.3 Å². The molecule has 3 nitrogen and oxygen atoms in total. The van der Waals surface area contributed by atoms with Gasteiger partial charge in [0.2, 0.25) is 0 Å². The predicted octanol–water partition coefficient (Wildman–Crippen LogP) is 6.73. The normalized spacial score (nSPS) is 12.9. The maximum Gasteiger partial charge on any atom is 0.446 e. The van der Waals surface area contributed by atoms with E-state index in [9.17, 15) is 26.3 Å². The molecule has 0 unspecified atom stereocenters. The summed E-state index contributed by atoms with van der Waals surface area (Å²) in [5.74, 6) is -0.195. The van der Waals surface area contributed by atoms with Crippen molar-refractivity contribution in [3.63, 3.8) is 0 Å². The highest BCUT2D eigenvalue weighted by molar-refractivity contribution is 9.10. The highest BCUT2D eigenvalue weighted by atomic mass is 79.9. The van der Waals surface area contributed by atoms with E-state index in [0.717, 1.165) is 0 Å². The van der Waals surface area contributed by atoms with Crippen molar-refractivity contribution in [1.29, 1.82) is 0 Å². The third-order valence-electron chi connectivity index (χ3n) is 2.73. The summed E-state index contributed by atoms with van der Waals surface area (Å²) < 4.78 is 75.1. The average Bonchev–Trinajstić information content (AvgIpc) is 2.47. The van der Waals surface area contributed by atoms with Crippen molar-refractivity contribution in [3.05, 3.63) is 46.9 Å². The van der Waals surface area contributed by atoms with E-state index >= 15 is 0 Å². The molecular weight excluding hydrogens is 480 g/mol. The van der Waals surface area contributed by atoms with Gasteiger partial charge in [0.15, 0.2) is 5.96 Å². The number of nitrogens with zero attached hydrogens (tertiary/aromatic N) is 1. The SMILES string of the molecule is NC(=Nc1cc(SC(F)(F)F)ccc1Br)Nc1cccc(SC(F)(F)F)c1. The van der Waals surface area contributed by atoms with E-state index in [1.807, 2.05) is 0 Å². The maximum atomic E-state index is 12.5. The van der Waals surface area contributed by atoms with E-state index in [2.05, 4.69) is 26.2 Å². The topological polar surface area (TPSA) is 50.4 Å². The number of nitrogens with two attached hydrogens (primary N) is 1. The van der Waals surface area contributed by atoms with E-state index in [1.54, 1.807) is 0 Å². The summed E-state index contributed by atoms with van der Waals surface area (Å²) in [7, 11) is 0. The third kappa shape index (κ3) is 7.93. The van der Waals surface area contributed by atoms with Crippen molar-refractivity contribution in [1.82, 2.24) is 0 Å². The Labute approximate surface area is 166 Å². The van der Waals surface area contributed by atoms with Gasteiger partial charge in [-0.25, -0.2) is 4.99 Å². The molecule has 27 heavy (non-hydrogen) atoms.